The number of ether oxygens (including phenoxy) is 1. The van der Waals surface area contributed by atoms with Crippen LogP contribution in [0.25, 0.3) is 0 Å². The van der Waals surface area contributed by atoms with Crippen molar-refractivity contribution in [2.75, 3.05) is 32.1 Å². The van der Waals surface area contributed by atoms with E-state index in [9.17, 15) is 0 Å². The summed E-state index contributed by atoms with van der Waals surface area (Å²) in [4.78, 5) is 0. The first-order valence-corrected chi connectivity index (χ1v) is 6.18. The van der Waals surface area contributed by atoms with E-state index in [1.165, 1.54) is 18.6 Å². The van der Waals surface area contributed by atoms with Crippen LogP contribution < -0.4 is 5.32 Å². The maximum Gasteiger partial charge on any atom is 0.0590 e. The summed E-state index contributed by atoms with van der Waals surface area (Å²) in [6, 6.07) is 0. The Hall–Kier alpha value is 0.270. The van der Waals surface area contributed by atoms with E-state index in [2.05, 4.69) is 24.0 Å². The van der Waals surface area contributed by atoms with Crippen LogP contribution in [0.5, 0.6) is 0 Å². The zero-order chi connectivity index (χ0) is 9.57. The summed E-state index contributed by atoms with van der Waals surface area (Å²) < 4.78 is 5.75. The van der Waals surface area contributed by atoms with Crippen LogP contribution in [-0.4, -0.2) is 36.8 Å². The molecule has 0 spiro atoms. The summed E-state index contributed by atoms with van der Waals surface area (Å²) in [7, 11) is 0. The molecule has 0 aliphatic carbocycles. The van der Waals surface area contributed by atoms with Crippen LogP contribution in [0.3, 0.4) is 0 Å². The quantitative estimate of drug-likeness (QED) is 0.666. The third-order valence-electron chi connectivity index (χ3n) is 2.43. The van der Waals surface area contributed by atoms with E-state index in [0.29, 0.717) is 4.75 Å². The number of hydrogen-bond donors (Lipinski definition) is 1. The molecule has 1 fully saturated rings. The van der Waals surface area contributed by atoms with E-state index in [1.54, 1.807) is 0 Å². The van der Waals surface area contributed by atoms with Crippen molar-refractivity contribution >= 4 is 11.8 Å². The van der Waals surface area contributed by atoms with Gasteiger partial charge in [0.15, 0.2) is 0 Å². The first kappa shape index (κ1) is 11.3. The highest BCUT2D eigenvalue weighted by molar-refractivity contribution is 8.00. The SMILES string of the molecule is CCOCCNCC1(C)CCCS1. The van der Waals surface area contributed by atoms with Gasteiger partial charge < -0.3 is 10.1 Å². The van der Waals surface area contributed by atoms with Crippen molar-refractivity contribution in [1.29, 1.82) is 0 Å². The van der Waals surface area contributed by atoms with Gasteiger partial charge in [-0.1, -0.05) is 0 Å². The van der Waals surface area contributed by atoms with Crippen LogP contribution in [0.15, 0.2) is 0 Å². The Balaban J connectivity index is 1.98. The smallest absolute Gasteiger partial charge is 0.0590 e. The Labute approximate surface area is 85.8 Å². The second-order valence-electron chi connectivity index (χ2n) is 3.78. The van der Waals surface area contributed by atoms with Gasteiger partial charge in [0.05, 0.1) is 6.61 Å². The molecule has 78 valence electrons. The molecule has 1 aliphatic rings. The second-order valence-corrected chi connectivity index (χ2v) is 5.46. The largest absolute Gasteiger partial charge is 0.380 e. The van der Waals surface area contributed by atoms with Gasteiger partial charge in [0, 0.05) is 24.4 Å². The van der Waals surface area contributed by atoms with E-state index >= 15 is 0 Å². The maximum absolute atomic E-state index is 5.26. The molecule has 2 nitrogen and oxygen atoms in total. The van der Waals surface area contributed by atoms with Gasteiger partial charge in [-0.25, -0.2) is 0 Å². The lowest BCUT2D eigenvalue weighted by Gasteiger charge is -2.22. The van der Waals surface area contributed by atoms with Crippen LogP contribution in [0.2, 0.25) is 0 Å². The fourth-order valence-electron chi connectivity index (χ4n) is 1.62. The first-order valence-electron chi connectivity index (χ1n) is 5.19. The lowest BCUT2D eigenvalue weighted by molar-refractivity contribution is 0.149. The van der Waals surface area contributed by atoms with E-state index in [0.717, 1.165) is 26.3 Å². The van der Waals surface area contributed by atoms with Gasteiger partial charge in [-0.2, -0.15) is 11.8 Å². The molecule has 1 atom stereocenters. The minimum Gasteiger partial charge on any atom is -0.380 e. The average Bonchev–Trinajstić information content (AvgIpc) is 2.53. The molecule has 0 amide bonds. The molecular weight excluding hydrogens is 182 g/mol. The predicted octanol–water partition coefficient (Wildman–Crippen LogP) is 1.90. The molecule has 0 aromatic rings. The molecule has 3 heteroatoms. The van der Waals surface area contributed by atoms with Crippen LogP contribution in [0.1, 0.15) is 26.7 Å². The summed E-state index contributed by atoms with van der Waals surface area (Å²) in [6.07, 6.45) is 2.74. The van der Waals surface area contributed by atoms with E-state index in [1.807, 2.05) is 6.92 Å². The molecule has 1 saturated heterocycles. The zero-order valence-corrected chi connectivity index (χ0v) is 9.58. The molecule has 0 aromatic carbocycles. The fourth-order valence-corrected chi connectivity index (χ4v) is 2.89. The highest BCUT2D eigenvalue weighted by atomic mass is 32.2. The third-order valence-corrected chi connectivity index (χ3v) is 3.96. The molecule has 1 N–H and O–H groups in total. The molecule has 0 saturated carbocycles. The zero-order valence-electron chi connectivity index (χ0n) is 8.77. The van der Waals surface area contributed by atoms with Crippen molar-refractivity contribution < 1.29 is 4.74 Å². The topological polar surface area (TPSA) is 21.3 Å². The summed E-state index contributed by atoms with van der Waals surface area (Å²) in [5.74, 6) is 1.34. The number of rotatable bonds is 6. The van der Waals surface area contributed by atoms with Gasteiger partial charge in [-0.05, 0) is 32.4 Å². The molecule has 0 aromatic heterocycles. The van der Waals surface area contributed by atoms with Gasteiger partial charge in [-0.3, -0.25) is 0 Å². The van der Waals surface area contributed by atoms with Crippen molar-refractivity contribution in [3.05, 3.63) is 0 Å². The van der Waals surface area contributed by atoms with Crippen LogP contribution >= 0.6 is 11.8 Å². The second kappa shape index (κ2) is 5.89. The summed E-state index contributed by atoms with van der Waals surface area (Å²) in [5, 5.41) is 3.46. The molecular formula is C10H21NOS. The Morgan fingerprint density at radius 1 is 1.54 bits per heavy atom. The van der Waals surface area contributed by atoms with Crippen molar-refractivity contribution in [1.82, 2.24) is 5.32 Å². The molecule has 1 unspecified atom stereocenters. The minimum atomic E-state index is 0.492. The summed E-state index contributed by atoms with van der Waals surface area (Å²) >= 11 is 2.11. The normalized spacial score (nSPS) is 28.2. The fraction of sp³-hybridized carbons (Fsp3) is 1.00. The number of hydrogen-bond acceptors (Lipinski definition) is 3. The summed E-state index contributed by atoms with van der Waals surface area (Å²) in [5.41, 5.74) is 0. The monoisotopic (exact) mass is 203 g/mol. The Morgan fingerprint density at radius 2 is 2.38 bits per heavy atom. The van der Waals surface area contributed by atoms with E-state index in [4.69, 9.17) is 4.74 Å². The Morgan fingerprint density at radius 3 is 3.00 bits per heavy atom. The Kier molecular flexibility index (Phi) is 5.14. The van der Waals surface area contributed by atoms with Gasteiger partial charge in [0.25, 0.3) is 0 Å². The predicted molar refractivity (Wildman–Crippen MR) is 59.5 cm³/mol. The highest BCUT2D eigenvalue weighted by Gasteiger charge is 2.28. The first-order chi connectivity index (χ1) is 6.27. The van der Waals surface area contributed by atoms with Crippen molar-refractivity contribution in [3.8, 4) is 0 Å². The molecule has 0 bridgehead atoms. The number of nitrogens with one attached hydrogen (secondary N) is 1. The number of thioether (sulfide) groups is 1. The van der Waals surface area contributed by atoms with E-state index in [-0.39, 0.29) is 0 Å². The molecule has 13 heavy (non-hydrogen) atoms. The lowest BCUT2D eigenvalue weighted by atomic mass is 10.1. The van der Waals surface area contributed by atoms with Crippen LogP contribution in [0.4, 0.5) is 0 Å². The molecule has 1 rings (SSSR count). The van der Waals surface area contributed by atoms with Gasteiger partial charge in [0.1, 0.15) is 0 Å². The molecule has 0 radical (unpaired) electrons. The highest BCUT2D eigenvalue weighted by Crippen LogP contribution is 2.36. The van der Waals surface area contributed by atoms with Gasteiger partial charge in [0.2, 0.25) is 0 Å². The van der Waals surface area contributed by atoms with Crippen molar-refractivity contribution in [3.63, 3.8) is 0 Å². The van der Waals surface area contributed by atoms with Gasteiger partial charge >= 0.3 is 0 Å². The Bertz CT molecular complexity index is 135. The van der Waals surface area contributed by atoms with Crippen LogP contribution in [-0.2, 0) is 4.74 Å². The van der Waals surface area contributed by atoms with E-state index < -0.39 is 0 Å². The summed E-state index contributed by atoms with van der Waals surface area (Å²) in [6.45, 7) is 8.19. The lowest BCUT2D eigenvalue weighted by Crippen LogP contribution is -2.34. The van der Waals surface area contributed by atoms with Crippen LogP contribution in [0, 0.1) is 0 Å². The average molecular weight is 203 g/mol. The maximum atomic E-state index is 5.26. The van der Waals surface area contributed by atoms with Crippen molar-refractivity contribution in [2.24, 2.45) is 0 Å². The minimum absolute atomic E-state index is 0.492. The third kappa shape index (κ3) is 4.34. The van der Waals surface area contributed by atoms with Gasteiger partial charge in [-0.15, -0.1) is 0 Å². The van der Waals surface area contributed by atoms with Crippen molar-refractivity contribution in [2.45, 2.75) is 31.4 Å². The molecule has 1 heterocycles. The standard InChI is InChI=1S/C10H21NOS/c1-3-12-7-6-11-9-10(2)5-4-8-13-10/h11H,3-9H2,1-2H3. The molecule has 1 aliphatic heterocycles.